The molecular weight excluding hydrogens is 550 g/mol. The Hall–Kier alpha value is -2.90. The van der Waals surface area contributed by atoms with Gasteiger partial charge < -0.3 is 14.9 Å². The number of hydrogen-bond donors (Lipinski definition) is 1. The molecule has 3 heterocycles. The molecule has 37 heavy (non-hydrogen) atoms. The van der Waals surface area contributed by atoms with Gasteiger partial charge in [0, 0.05) is 65.7 Å². The predicted molar refractivity (Wildman–Crippen MR) is 138 cm³/mol. The van der Waals surface area contributed by atoms with Crippen LogP contribution in [-0.4, -0.2) is 77.5 Å². The van der Waals surface area contributed by atoms with Crippen LogP contribution in [0.5, 0.6) is 0 Å². The summed E-state index contributed by atoms with van der Waals surface area (Å²) >= 11 is 8.06. The molecule has 0 spiro atoms. The molecule has 1 fully saturated rings. The first-order chi connectivity index (χ1) is 17.4. The molecule has 9 nitrogen and oxygen atoms in total. The van der Waals surface area contributed by atoms with Crippen molar-refractivity contribution in [2.24, 2.45) is 0 Å². The van der Waals surface area contributed by atoms with Crippen LogP contribution in [0, 0.1) is 11.6 Å². The van der Waals surface area contributed by atoms with E-state index in [2.05, 4.69) is 4.98 Å². The quantitative estimate of drug-likeness (QED) is 0.508. The molecule has 1 atom stereocenters. The van der Waals surface area contributed by atoms with Crippen LogP contribution >= 0.6 is 23.4 Å². The van der Waals surface area contributed by atoms with Crippen molar-refractivity contribution in [1.29, 1.82) is 0 Å². The monoisotopic (exact) mass is 570 g/mol. The maximum Gasteiger partial charge on any atom is 0.407 e. The number of aryl methyl sites for hydroxylation is 1. The van der Waals surface area contributed by atoms with Gasteiger partial charge >= 0.3 is 11.8 Å². The van der Waals surface area contributed by atoms with E-state index in [4.69, 9.17) is 11.6 Å². The molecule has 2 aliphatic heterocycles. The Kier molecular flexibility index (Phi) is 6.57. The lowest BCUT2D eigenvalue weighted by Gasteiger charge is -2.40. The van der Waals surface area contributed by atoms with Crippen molar-refractivity contribution in [1.82, 2.24) is 14.5 Å². The lowest BCUT2D eigenvalue weighted by Crippen LogP contribution is -2.57. The van der Waals surface area contributed by atoms with Crippen LogP contribution < -0.4 is 10.6 Å². The largest absolute Gasteiger partial charge is 0.465 e. The number of anilines is 1. The van der Waals surface area contributed by atoms with E-state index in [9.17, 15) is 31.9 Å². The molecule has 1 N–H and O–H groups in total. The lowest BCUT2D eigenvalue weighted by atomic mass is 10.0. The second kappa shape index (κ2) is 9.44. The van der Waals surface area contributed by atoms with Gasteiger partial charge in [-0.1, -0.05) is 11.6 Å². The second-order valence-corrected chi connectivity index (χ2v) is 12.7. The third-order valence-corrected chi connectivity index (χ3v) is 8.80. The van der Waals surface area contributed by atoms with E-state index >= 15 is 0 Å². The molecule has 0 unspecified atom stereocenters. The maximum absolute atomic E-state index is 14.8. The van der Waals surface area contributed by atoms with Crippen LogP contribution in [0.25, 0.3) is 22.0 Å². The summed E-state index contributed by atoms with van der Waals surface area (Å²) in [5, 5.41) is 10.2. The SMILES string of the molecule is CS(=O)(=O)C[C@@H]1CN(c2nc(=O)n3c4c(c(-c5ccc(F)cc5F)c(Cl)cc24)SCC3)CCN1C(=O)O. The number of sulfone groups is 1. The number of rotatable bonds is 4. The van der Waals surface area contributed by atoms with Crippen LogP contribution in [0.3, 0.4) is 0 Å². The van der Waals surface area contributed by atoms with Crippen LogP contribution in [0.2, 0.25) is 5.02 Å². The molecule has 1 amide bonds. The fraction of sp³-hybridized carbons (Fsp3) is 0.348. The van der Waals surface area contributed by atoms with Gasteiger partial charge in [0.15, 0.2) is 0 Å². The zero-order valence-electron chi connectivity index (χ0n) is 19.4. The molecule has 2 aromatic carbocycles. The van der Waals surface area contributed by atoms with Crippen molar-refractivity contribution in [3.8, 4) is 11.1 Å². The highest BCUT2D eigenvalue weighted by Gasteiger charge is 2.35. The Labute approximate surface area is 219 Å². The van der Waals surface area contributed by atoms with Gasteiger partial charge in [-0.2, -0.15) is 4.98 Å². The summed E-state index contributed by atoms with van der Waals surface area (Å²) in [7, 11) is -3.51. The second-order valence-electron chi connectivity index (χ2n) is 8.97. The summed E-state index contributed by atoms with van der Waals surface area (Å²) in [6.07, 6.45) is -0.199. The van der Waals surface area contributed by atoms with E-state index in [1.165, 1.54) is 22.4 Å². The van der Waals surface area contributed by atoms with Crippen molar-refractivity contribution in [2.75, 3.05) is 42.3 Å². The fourth-order valence-electron chi connectivity index (χ4n) is 4.92. The normalized spacial score (nSPS) is 17.9. The summed E-state index contributed by atoms with van der Waals surface area (Å²) in [5.74, 6) is -1.16. The third kappa shape index (κ3) is 4.75. The third-order valence-electron chi connectivity index (χ3n) is 6.44. The summed E-state index contributed by atoms with van der Waals surface area (Å²) in [5.41, 5.74) is 0.387. The smallest absolute Gasteiger partial charge is 0.407 e. The molecule has 1 saturated heterocycles. The van der Waals surface area contributed by atoms with Gasteiger partial charge in [0.25, 0.3) is 0 Å². The van der Waals surface area contributed by atoms with Gasteiger partial charge in [-0.3, -0.25) is 4.57 Å². The molecule has 1 aromatic heterocycles. The van der Waals surface area contributed by atoms with E-state index < -0.39 is 39.3 Å². The van der Waals surface area contributed by atoms with Crippen LogP contribution in [0.15, 0.2) is 34.0 Å². The standard InChI is InChI=1S/C23H21ClF2N4O5S2/c1-37(34,35)11-13-10-28(4-5-29(13)23(32)33)21-15-9-16(24)18(14-3-2-12(25)8-17(14)26)20-19(15)30(6-7-36-20)22(31)27-21/h2-3,8-9,13H,4-7,10-11H2,1H3,(H,32,33)/t13-/m0/s1. The number of benzene rings is 2. The van der Waals surface area contributed by atoms with Crippen molar-refractivity contribution >= 4 is 56.0 Å². The minimum atomic E-state index is -3.51. The van der Waals surface area contributed by atoms with Gasteiger partial charge in [-0.15, -0.1) is 11.8 Å². The van der Waals surface area contributed by atoms with Gasteiger partial charge in [0.05, 0.1) is 22.3 Å². The zero-order valence-corrected chi connectivity index (χ0v) is 21.8. The van der Waals surface area contributed by atoms with E-state index in [1.807, 2.05) is 0 Å². The van der Waals surface area contributed by atoms with E-state index in [0.29, 0.717) is 33.7 Å². The topological polar surface area (TPSA) is 113 Å². The van der Waals surface area contributed by atoms with Gasteiger partial charge in [0.1, 0.15) is 27.3 Å². The Morgan fingerprint density at radius 3 is 2.68 bits per heavy atom. The average Bonchev–Trinajstić information content (AvgIpc) is 2.81. The van der Waals surface area contributed by atoms with Crippen molar-refractivity contribution < 1.29 is 27.1 Å². The maximum atomic E-state index is 14.8. The number of aromatic nitrogens is 2. The van der Waals surface area contributed by atoms with Crippen LogP contribution in [0.1, 0.15) is 0 Å². The number of halogens is 3. The summed E-state index contributed by atoms with van der Waals surface area (Å²) in [6.45, 7) is 0.540. The predicted octanol–water partition coefficient (Wildman–Crippen LogP) is 3.31. The number of piperazine rings is 1. The van der Waals surface area contributed by atoms with Gasteiger partial charge in [-0.05, 0) is 18.2 Å². The first-order valence-electron chi connectivity index (χ1n) is 11.2. The molecule has 0 bridgehead atoms. The molecule has 0 saturated carbocycles. The summed E-state index contributed by atoms with van der Waals surface area (Å²) in [4.78, 5) is 32.4. The number of nitrogens with zero attached hydrogens (tertiary/aromatic N) is 4. The molecule has 5 rings (SSSR count). The van der Waals surface area contributed by atoms with E-state index in [-0.39, 0.29) is 41.8 Å². The first kappa shape index (κ1) is 25.7. The molecule has 0 radical (unpaired) electrons. The highest BCUT2D eigenvalue weighted by Crippen LogP contribution is 2.46. The average molecular weight is 571 g/mol. The van der Waals surface area contributed by atoms with E-state index in [0.717, 1.165) is 23.3 Å². The summed E-state index contributed by atoms with van der Waals surface area (Å²) < 4.78 is 53.8. The molecule has 0 aliphatic carbocycles. The number of carboxylic acid groups (broad SMARTS) is 1. The highest BCUT2D eigenvalue weighted by atomic mass is 35.5. The molecule has 3 aromatic rings. The minimum absolute atomic E-state index is 0.000635. The number of amides is 1. The first-order valence-corrected chi connectivity index (χ1v) is 14.6. The van der Waals surface area contributed by atoms with Crippen molar-refractivity contribution in [2.45, 2.75) is 17.5 Å². The highest BCUT2D eigenvalue weighted by molar-refractivity contribution is 7.99. The molecular formula is C23H21ClF2N4O5S2. The van der Waals surface area contributed by atoms with Gasteiger partial charge in [-0.25, -0.2) is 26.8 Å². The van der Waals surface area contributed by atoms with Crippen LogP contribution in [-0.2, 0) is 16.4 Å². The Morgan fingerprint density at radius 1 is 1.24 bits per heavy atom. The number of carbonyl (C=O) groups is 1. The fourth-order valence-corrected chi connectivity index (χ4v) is 7.47. The minimum Gasteiger partial charge on any atom is -0.465 e. The number of hydrogen-bond acceptors (Lipinski definition) is 7. The Morgan fingerprint density at radius 2 is 2.00 bits per heavy atom. The van der Waals surface area contributed by atoms with Crippen molar-refractivity contribution in [3.05, 3.63) is 51.4 Å². The molecule has 2 aliphatic rings. The molecule has 196 valence electrons. The number of thioether (sulfide) groups is 1. The Bertz CT molecular complexity index is 1620. The van der Waals surface area contributed by atoms with E-state index in [1.54, 1.807) is 11.0 Å². The van der Waals surface area contributed by atoms with Crippen LogP contribution in [0.4, 0.5) is 19.4 Å². The van der Waals surface area contributed by atoms with Crippen molar-refractivity contribution in [3.63, 3.8) is 0 Å². The van der Waals surface area contributed by atoms with Gasteiger partial charge in [0.2, 0.25) is 0 Å². The lowest BCUT2D eigenvalue weighted by molar-refractivity contribution is 0.123. The summed E-state index contributed by atoms with van der Waals surface area (Å²) in [6, 6.07) is 3.90. The zero-order chi connectivity index (χ0) is 26.6. The molecule has 14 heteroatoms. The Balaban J connectivity index is 1.69.